The Labute approximate surface area is 119 Å². The molecular formula is C10H12BrN5O2S. The van der Waals surface area contributed by atoms with Crippen molar-refractivity contribution in [3.63, 3.8) is 0 Å². The minimum atomic E-state index is -3.68. The molecular weight excluding hydrogens is 334 g/mol. The van der Waals surface area contributed by atoms with Gasteiger partial charge in [0.2, 0.25) is 10.0 Å². The number of sulfonamides is 1. The first-order valence-electron chi connectivity index (χ1n) is 5.28. The molecule has 0 saturated carbocycles. The fraction of sp³-hybridized carbons (Fsp3) is 0.200. The van der Waals surface area contributed by atoms with Gasteiger partial charge in [0.1, 0.15) is 17.0 Å². The third-order valence-electron chi connectivity index (χ3n) is 2.49. The van der Waals surface area contributed by atoms with Crippen LogP contribution in [0.25, 0.3) is 0 Å². The summed E-state index contributed by atoms with van der Waals surface area (Å²) >= 11 is 3.23. The van der Waals surface area contributed by atoms with E-state index in [-0.39, 0.29) is 17.1 Å². The number of aromatic nitrogens is 3. The molecule has 9 heteroatoms. The number of hydrogen-bond donors (Lipinski definition) is 2. The Morgan fingerprint density at radius 3 is 2.79 bits per heavy atom. The van der Waals surface area contributed by atoms with Crippen LogP contribution in [0.5, 0.6) is 0 Å². The van der Waals surface area contributed by atoms with Crippen LogP contribution >= 0.6 is 15.9 Å². The summed E-state index contributed by atoms with van der Waals surface area (Å²) in [5, 5.41) is 7.47. The van der Waals surface area contributed by atoms with E-state index in [0.29, 0.717) is 5.82 Å². The molecule has 1 aromatic heterocycles. The van der Waals surface area contributed by atoms with Gasteiger partial charge < -0.3 is 10.3 Å². The Kier molecular flexibility index (Phi) is 3.88. The maximum atomic E-state index is 12.1. The lowest BCUT2D eigenvalue weighted by atomic mass is 10.3. The zero-order chi connectivity index (χ0) is 14.0. The van der Waals surface area contributed by atoms with Crippen molar-refractivity contribution >= 4 is 31.6 Å². The topological polar surface area (TPSA) is 103 Å². The Hall–Kier alpha value is -1.45. The molecule has 0 radical (unpaired) electrons. The zero-order valence-electron chi connectivity index (χ0n) is 10.0. The van der Waals surface area contributed by atoms with Crippen molar-refractivity contribution in [3.05, 3.63) is 34.8 Å². The van der Waals surface area contributed by atoms with Crippen molar-refractivity contribution in [3.8, 4) is 0 Å². The molecule has 0 bridgehead atoms. The van der Waals surface area contributed by atoms with Gasteiger partial charge in [0, 0.05) is 11.5 Å². The second-order valence-corrected chi connectivity index (χ2v) is 6.52. The predicted octanol–water partition coefficient (Wildman–Crippen LogP) is 0.638. The summed E-state index contributed by atoms with van der Waals surface area (Å²) in [4.78, 5) is 0.0397. The normalized spacial score (nSPS) is 11.7. The number of hydrogen-bond acceptors (Lipinski definition) is 5. The number of nitrogen functional groups attached to an aromatic ring is 1. The van der Waals surface area contributed by atoms with E-state index in [1.807, 2.05) is 0 Å². The predicted molar refractivity (Wildman–Crippen MR) is 73.6 cm³/mol. The molecule has 102 valence electrons. The highest BCUT2D eigenvalue weighted by atomic mass is 79.9. The largest absolute Gasteiger partial charge is 0.398 e. The Morgan fingerprint density at radius 2 is 2.21 bits per heavy atom. The molecule has 0 aliphatic carbocycles. The van der Waals surface area contributed by atoms with Gasteiger partial charge in [0.25, 0.3) is 0 Å². The van der Waals surface area contributed by atoms with Crippen LogP contribution in [0.1, 0.15) is 5.82 Å². The average Bonchev–Trinajstić information content (AvgIpc) is 2.72. The standard InChI is InChI=1S/C10H12BrN5O2S/c1-16-6-13-15-10(16)5-14-19(17,18)9-3-2-7(11)4-8(9)12/h2-4,6,14H,5,12H2,1H3. The summed E-state index contributed by atoms with van der Waals surface area (Å²) in [6, 6.07) is 4.60. The van der Waals surface area contributed by atoms with Crippen LogP contribution in [0.3, 0.4) is 0 Å². The monoisotopic (exact) mass is 345 g/mol. The molecule has 0 fully saturated rings. The Morgan fingerprint density at radius 1 is 1.47 bits per heavy atom. The second kappa shape index (κ2) is 5.27. The van der Waals surface area contributed by atoms with E-state index < -0.39 is 10.0 Å². The molecule has 0 atom stereocenters. The third kappa shape index (κ3) is 3.11. The van der Waals surface area contributed by atoms with Gasteiger partial charge in [-0.25, -0.2) is 13.1 Å². The molecule has 0 spiro atoms. The van der Waals surface area contributed by atoms with Crippen molar-refractivity contribution in [2.24, 2.45) is 7.05 Å². The first-order valence-corrected chi connectivity index (χ1v) is 7.55. The van der Waals surface area contributed by atoms with Gasteiger partial charge >= 0.3 is 0 Å². The van der Waals surface area contributed by atoms with Crippen LogP contribution in [0.2, 0.25) is 0 Å². The molecule has 1 aromatic carbocycles. The Bertz CT molecular complexity index is 698. The van der Waals surface area contributed by atoms with Crippen molar-refractivity contribution in [1.29, 1.82) is 0 Å². The van der Waals surface area contributed by atoms with Crippen molar-refractivity contribution in [2.45, 2.75) is 11.4 Å². The fourth-order valence-corrected chi connectivity index (χ4v) is 2.94. The maximum Gasteiger partial charge on any atom is 0.243 e. The number of aryl methyl sites for hydroxylation is 1. The number of rotatable bonds is 4. The number of benzene rings is 1. The van der Waals surface area contributed by atoms with Gasteiger partial charge in [-0.15, -0.1) is 10.2 Å². The molecule has 0 aliphatic rings. The van der Waals surface area contributed by atoms with Crippen LogP contribution in [-0.2, 0) is 23.6 Å². The molecule has 7 nitrogen and oxygen atoms in total. The van der Waals surface area contributed by atoms with Gasteiger partial charge in [0.15, 0.2) is 0 Å². The first-order chi connectivity index (χ1) is 8.90. The lowest BCUT2D eigenvalue weighted by Crippen LogP contribution is -2.25. The van der Waals surface area contributed by atoms with E-state index in [4.69, 9.17) is 5.73 Å². The van der Waals surface area contributed by atoms with E-state index in [9.17, 15) is 8.42 Å². The molecule has 19 heavy (non-hydrogen) atoms. The minimum Gasteiger partial charge on any atom is -0.398 e. The zero-order valence-corrected chi connectivity index (χ0v) is 12.4. The molecule has 0 amide bonds. The maximum absolute atomic E-state index is 12.1. The van der Waals surface area contributed by atoms with Gasteiger partial charge in [-0.3, -0.25) is 0 Å². The Balaban J connectivity index is 2.21. The highest BCUT2D eigenvalue weighted by Crippen LogP contribution is 2.22. The summed E-state index contributed by atoms with van der Waals surface area (Å²) in [5.74, 6) is 0.513. The lowest BCUT2D eigenvalue weighted by Gasteiger charge is -2.09. The molecule has 2 aromatic rings. The van der Waals surface area contributed by atoms with Crippen LogP contribution in [0.15, 0.2) is 33.9 Å². The minimum absolute atomic E-state index is 0.0397. The van der Waals surface area contributed by atoms with E-state index in [0.717, 1.165) is 4.47 Å². The smallest absolute Gasteiger partial charge is 0.243 e. The molecule has 1 heterocycles. The van der Waals surface area contributed by atoms with Gasteiger partial charge in [-0.1, -0.05) is 15.9 Å². The van der Waals surface area contributed by atoms with Crippen molar-refractivity contribution < 1.29 is 8.42 Å². The van der Waals surface area contributed by atoms with Crippen LogP contribution in [-0.4, -0.2) is 23.2 Å². The summed E-state index contributed by atoms with van der Waals surface area (Å²) in [5.41, 5.74) is 5.88. The number of nitrogens with zero attached hydrogens (tertiary/aromatic N) is 3. The third-order valence-corrected chi connectivity index (χ3v) is 4.46. The van der Waals surface area contributed by atoms with Crippen molar-refractivity contribution in [2.75, 3.05) is 5.73 Å². The molecule has 0 saturated heterocycles. The van der Waals surface area contributed by atoms with Gasteiger partial charge in [-0.05, 0) is 18.2 Å². The highest BCUT2D eigenvalue weighted by molar-refractivity contribution is 9.10. The quantitative estimate of drug-likeness (QED) is 0.791. The summed E-state index contributed by atoms with van der Waals surface area (Å²) < 4.78 is 29.0. The number of nitrogens with one attached hydrogen (secondary N) is 1. The lowest BCUT2D eigenvalue weighted by molar-refractivity contribution is 0.578. The number of anilines is 1. The summed E-state index contributed by atoms with van der Waals surface area (Å²) in [6.07, 6.45) is 1.50. The van der Waals surface area contributed by atoms with Crippen LogP contribution in [0, 0.1) is 0 Å². The second-order valence-electron chi connectivity index (χ2n) is 3.86. The number of halogens is 1. The SMILES string of the molecule is Cn1cnnc1CNS(=O)(=O)c1ccc(Br)cc1N. The van der Waals surface area contributed by atoms with Crippen molar-refractivity contribution in [1.82, 2.24) is 19.5 Å². The molecule has 0 aliphatic heterocycles. The summed E-state index contributed by atoms with van der Waals surface area (Å²) in [6.45, 7) is 0.0499. The average molecular weight is 346 g/mol. The van der Waals surface area contributed by atoms with Gasteiger partial charge in [0.05, 0.1) is 12.2 Å². The van der Waals surface area contributed by atoms with Gasteiger partial charge in [-0.2, -0.15) is 0 Å². The van der Waals surface area contributed by atoms with Crippen LogP contribution in [0.4, 0.5) is 5.69 Å². The number of nitrogens with two attached hydrogens (primary N) is 1. The molecule has 2 rings (SSSR count). The van der Waals surface area contributed by atoms with E-state index in [1.165, 1.54) is 18.5 Å². The van der Waals surface area contributed by atoms with Crippen LogP contribution < -0.4 is 10.5 Å². The molecule has 3 N–H and O–H groups in total. The fourth-order valence-electron chi connectivity index (χ4n) is 1.47. The van der Waals surface area contributed by atoms with E-state index in [2.05, 4.69) is 30.8 Å². The summed E-state index contributed by atoms with van der Waals surface area (Å²) in [7, 11) is -1.94. The van der Waals surface area contributed by atoms with E-state index >= 15 is 0 Å². The van der Waals surface area contributed by atoms with E-state index in [1.54, 1.807) is 17.7 Å². The first kappa shape index (κ1) is 14.0. The highest BCUT2D eigenvalue weighted by Gasteiger charge is 2.18. The molecule has 0 unspecified atom stereocenters.